The van der Waals surface area contributed by atoms with Crippen LogP contribution in [0.2, 0.25) is 0 Å². The quantitative estimate of drug-likeness (QED) is 0.144. The van der Waals surface area contributed by atoms with Crippen molar-refractivity contribution in [2.75, 3.05) is 133 Å². The summed E-state index contributed by atoms with van der Waals surface area (Å²) in [6.45, 7) is 25.3. The first-order valence-electron chi connectivity index (χ1n) is 36.8. The summed E-state index contributed by atoms with van der Waals surface area (Å²) in [5.74, 6) is 0.395. The number of nitriles is 1. The molecule has 0 unspecified atom stereocenters. The van der Waals surface area contributed by atoms with Gasteiger partial charge in [0, 0.05) is 130 Å². The third-order valence-corrected chi connectivity index (χ3v) is 23.9. The summed E-state index contributed by atoms with van der Waals surface area (Å²) in [4.78, 5) is 93.2. The van der Waals surface area contributed by atoms with Gasteiger partial charge < -0.3 is 58.3 Å². The molecule has 4 aromatic carbocycles. The predicted octanol–water partition coefficient (Wildman–Crippen LogP) is 12.2. The number of aryl methyl sites for hydroxylation is 1. The van der Waals surface area contributed by atoms with Crippen molar-refractivity contribution in [1.82, 2.24) is 29.4 Å². The number of halogens is 1. The summed E-state index contributed by atoms with van der Waals surface area (Å²) in [5.41, 5.74) is 10.8. The summed E-state index contributed by atoms with van der Waals surface area (Å²) < 4.78 is 29.8. The Morgan fingerprint density at radius 1 is 0.480 bits per heavy atom. The van der Waals surface area contributed by atoms with E-state index in [1.165, 1.54) is 22.8 Å². The lowest BCUT2D eigenvalue weighted by Gasteiger charge is -2.45. The van der Waals surface area contributed by atoms with Crippen LogP contribution in [0, 0.1) is 30.0 Å². The van der Waals surface area contributed by atoms with Gasteiger partial charge in [0.25, 0.3) is 0 Å². The van der Waals surface area contributed by atoms with Gasteiger partial charge in [0.2, 0.25) is 17.7 Å². The highest BCUT2D eigenvalue weighted by atomic mass is 19.1. The minimum Gasteiger partial charge on any atom is -0.450 e. The lowest BCUT2D eigenvalue weighted by Crippen LogP contribution is -2.52. The number of rotatable bonds is 9. The minimum absolute atomic E-state index is 0.0360. The Morgan fingerprint density at radius 3 is 1.28 bits per heavy atom. The second-order valence-electron chi connectivity index (χ2n) is 29.5. The van der Waals surface area contributed by atoms with E-state index in [0.29, 0.717) is 50.1 Å². The summed E-state index contributed by atoms with van der Waals surface area (Å²) >= 11 is 0. The average Bonchev–Trinajstić information content (AvgIpc) is 1.74. The van der Waals surface area contributed by atoms with Crippen LogP contribution in [0.4, 0.5) is 35.8 Å². The van der Waals surface area contributed by atoms with Crippen molar-refractivity contribution in [1.29, 1.82) is 5.26 Å². The number of carbonyl (C=O) groups is 6. The topological polar surface area (TPSA) is 183 Å². The molecule has 1 aliphatic carbocycles. The lowest BCUT2D eigenvalue weighted by molar-refractivity contribution is -0.124. The van der Waals surface area contributed by atoms with Gasteiger partial charge in [0.15, 0.2) is 0 Å². The van der Waals surface area contributed by atoms with Crippen LogP contribution in [0.15, 0.2) is 78.9 Å². The van der Waals surface area contributed by atoms with Crippen molar-refractivity contribution in [3.8, 4) is 17.2 Å². The Hall–Kier alpha value is -7.60. The van der Waals surface area contributed by atoms with Gasteiger partial charge in [-0.3, -0.25) is 14.4 Å². The SMILES string of the molecule is CCCOC(=O)N1CCC(N2CCC3(CC2)CN(C(C)=O)c2ccc(C)cc23)CC1.CCOC(=O)N1CCC(N2CCC3(CC2)CN(C(=O)C2CCC2)c2ccc(F)cc23)CC1.CCOC(=O)N1CCC(N2CCC3(CC2)CN(C(C)=O)c2ccc(-c4ccc(C#N)cc4)cc23)CC1. The average molecular weight is 1340 g/mol. The van der Waals surface area contributed by atoms with Gasteiger partial charge in [-0.15, -0.1) is 0 Å². The number of likely N-dealkylation sites (tertiary alicyclic amines) is 6. The third kappa shape index (κ3) is 14.7. The standard InChI is InChI=1S/C29H34N4O3.C25H34FN3O3.C24H35N3O3/c1-3-36-28(35)32-14-10-25(11-15-32)31-16-12-29(13-17-31)20-33(21(2)34)27-9-8-24(18-26(27)29)23-6-4-22(19-30)5-7-23;1-2-32-24(31)28-12-8-20(9-13-28)27-14-10-25(11-15-27)17-29(23(30)18-4-3-5-18)22-7-6-19(26)16-21(22)25;1-4-15-30-23(29)26-11-7-20(8-12-26)25-13-9-24(10-14-25)17-27(19(3)28)22-6-5-18(2)16-21(22)24/h4-9,18,25H,3,10-17,20H2,1-2H3;6-7,16,18,20H,2-5,8-15,17H2,1H3;5-6,16,20H,4,7-15,17H2,1-3H3. The maximum Gasteiger partial charge on any atom is 0.409 e. The molecule has 4 aromatic rings. The lowest BCUT2D eigenvalue weighted by atomic mass is 9.73. The van der Waals surface area contributed by atoms with Gasteiger partial charge in [0.1, 0.15) is 5.82 Å². The van der Waals surface area contributed by atoms with Crippen molar-refractivity contribution in [3.63, 3.8) is 0 Å². The molecule has 0 N–H and O–H groups in total. The zero-order chi connectivity index (χ0) is 68.9. The summed E-state index contributed by atoms with van der Waals surface area (Å²) in [6, 6.07) is 29.4. The Bertz CT molecular complexity index is 3560. The molecule has 19 nitrogen and oxygen atoms in total. The fourth-order valence-electron chi connectivity index (χ4n) is 17.8. The van der Waals surface area contributed by atoms with E-state index in [1.54, 1.807) is 19.9 Å². The van der Waals surface area contributed by atoms with Gasteiger partial charge in [-0.1, -0.05) is 49.2 Å². The van der Waals surface area contributed by atoms with E-state index in [0.717, 1.165) is 228 Å². The van der Waals surface area contributed by atoms with Crippen molar-refractivity contribution in [2.24, 2.45) is 5.92 Å². The first-order chi connectivity index (χ1) is 47.4. The second-order valence-corrected chi connectivity index (χ2v) is 29.5. The first-order valence-corrected chi connectivity index (χ1v) is 36.8. The minimum atomic E-state index is -0.213. The van der Waals surface area contributed by atoms with Gasteiger partial charge in [-0.05, 0) is 233 Å². The van der Waals surface area contributed by atoms with Gasteiger partial charge in [0.05, 0.1) is 31.5 Å². The molecule has 0 radical (unpaired) electrons. The first kappa shape index (κ1) is 70.3. The van der Waals surface area contributed by atoms with E-state index in [-0.39, 0.29) is 64.0 Å². The van der Waals surface area contributed by atoms with Crippen LogP contribution in [0.25, 0.3) is 11.1 Å². The van der Waals surface area contributed by atoms with Crippen LogP contribution >= 0.6 is 0 Å². The molecule has 1 saturated carbocycles. The highest BCUT2D eigenvalue weighted by Gasteiger charge is 2.51. The number of anilines is 3. The summed E-state index contributed by atoms with van der Waals surface area (Å²) in [7, 11) is 0. The Balaban J connectivity index is 0.000000141. The van der Waals surface area contributed by atoms with E-state index in [1.807, 2.05) is 80.5 Å². The monoisotopic (exact) mass is 1340 g/mol. The van der Waals surface area contributed by atoms with Gasteiger partial charge in [-0.2, -0.15) is 5.26 Å². The number of carbonyl (C=O) groups excluding carboxylic acids is 6. The molecule has 0 aromatic heterocycles. The molecule has 98 heavy (non-hydrogen) atoms. The second kappa shape index (κ2) is 30.5. The van der Waals surface area contributed by atoms with Crippen molar-refractivity contribution < 1.29 is 47.4 Å². The van der Waals surface area contributed by atoms with Crippen molar-refractivity contribution in [3.05, 3.63) is 112 Å². The van der Waals surface area contributed by atoms with Crippen LogP contribution in [-0.2, 0) is 44.8 Å². The predicted molar refractivity (Wildman–Crippen MR) is 377 cm³/mol. The Labute approximate surface area is 579 Å². The summed E-state index contributed by atoms with van der Waals surface area (Å²) in [6.07, 6.45) is 15.4. The van der Waals surface area contributed by atoms with E-state index >= 15 is 0 Å². The van der Waals surface area contributed by atoms with Gasteiger partial charge in [-0.25, -0.2) is 18.8 Å². The number of ether oxygens (including phenoxy) is 3. The molecular formula is C78H103FN10O9. The molecule has 10 aliphatic rings. The number of nitrogens with zero attached hydrogens (tertiary/aromatic N) is 10. The normalized spacial score (nSPS) is 21.7. The Morgan fingerprint density at radius 2 is 0.867 bits per heavy atom. The molecule has 9 heterocycles. The zero-order valence-corrected chi connectivity index (χ0v) is 58.9. The van der Waals surface area contributed by atoms with Crippen LogP contribution < -0.4 is 14.7 Å². The third-order valence-electron chi connectivity index (χ3n) is 23.9. The molecule has 0 atom stereocenters. The molecule has 6 amide bonds. The molecule has 6 saturated heterocycles. The van der Waals surface area contributed by atoms with Crippen LogP contribution in [0.3, 0.4) is 0 Å². The van der Waals surface area contributed by atoms with Crippen molar-refractivity contribution in [2.45, 2.75) is 179 Å². The highest BCUT2D eigenvalue weighted by molar-refractivity contribution is 5.99. The molecule has 20 heteroatoms. The maximum absolute atomic E-state index is 14.2. The number of amides is 6. The molecule has 526 valence electrons. The van der Waals surface area contributed by atoms with Crippen molar-refractivity contribution >= 4 is 53.1 Å². The Kier molecular flexibility index (Phi) is 21.9. The highest BCUT2D eigenvalue weighted by Crippen LogP contribution is 2.52. The van der Waals surface area contributed by atoms with E-state index < -0.39 is 0 Å². The number of hydrogen-bond donors (Lipinski definition) is 0. The zero-order valence-electron chi connectivity index (χ0n) is 58.9. The molecule has 7 fully saturated rings. The summed E-state index contributed by atoms with van der Waals surface area (Å²) in [5, 5.41) is 9.13. The van der Waals surface area contributed by atoms with Crippen LogP contribution in [0.5, 0.6) is 0 Å². The number of piperidine rings is 6. The van der Waals surface area contributed by atoms with Crippen LogP contribution in [0.1, 0.15) is 165 Å². The number of benzene rings is 4. The molecule has 0 bridgehead atoms. The van der Waals surface area contributed by atoms with Gasteiger partial charge >= 0.3 is 18.3 Å². The fourth-order valence-corrected chi connectivity index (χ4v) is 17.8. The molecule has 9 aliphatic heterocycles. The molecule has 3 spiro atoms. The van der Waals surface area contributed by atoms with Crippen LogP contribution in [-0.4, -0.2) is 202 Å². The maximum atomic E-state index is 14.2. The molecular weight excluding hydrogens is 1240 g/mol. The molecule has 14 rings (SSSR count). The largest absolute Gasteiger partial charge is 0.450 e. The van der Waals surface area contributed by atoms with E-state index in [2.05, 4.69) is 64.1 Å². The van der Waals surface area contributed by atoms with E-state index in [4.69, 9.17) is 19.5 Å². The number of hydrogen-bond acceptors (Lipinski definition) is 13. The number of fused-ring (bicyclic) bond motifs is 6. The smallest absolute Gasteiger partial charge is 0.409 e. The fraction of sp³-hybridized carbons (Fsp3) is 0.603. The van der Waals surface area contributed by atoms with E-state index in [9.17, 15) is 33.2 Å².